The van der Waals surface area contributed by atoms with Gasteiger partial charge in [0.15, 0.2) is 0 Å². The maximum Gasteiger partial charge on any atom is 0.342 e. The molecule has 0 radical (unpaired) electrons. The normalized spacial score (nSPS) is 12.9. The van der Waals surface area contributed by atoms with Gasteiger partial charge in [-0.15, -0.1) is 0 Å². The molecule has 3 aromatic rings. The number of hydrogen-bond acceptors (Lipinski definition) is 4. The third-order valence-electron chi connectivity index (χ3n) is 4.55. The lowest BCUT2D eigenvalue weighted by molar-refractivity contribution is 0.215. The minimum absolute atomic E-state index is 0.322. The lowest BCUT2D eigenvalue weighted by Gasteiger charge is -2.28. The standard InChI is InChI=1S/C22H26NO3P/c1-4-25-27(24,26-5-2)22(20-12-8-9-13-21(20)23-3)19-15-14-17-10-6-7-11-18(17)16-19/h6-16,22-23H,4-5H2,1-3H3. The van der Waals surface area contributed by atoms with Gasteiger partial charge in [0, 0.05) is 12.7 Å². The molecule has 1 unspecified atom stereocenters. The summed E-state index contributed by atoms with van der Waals surface area (Å²) in [4.78, 5) is 0. The third-order valence-corrected chi connectivity index (χ3v) is 6.99. The van der Waals surface area contributed by atoms with Gasteiger partial charge >= 0.3 is 7.60 Å². The van der Waals surface area contributed by atoms with Gasteiger partial charge in [-0.25, -0.2) is 0 Å². The van der Waals surface area contributed by atoms with Crippen molar-refractivity contribution in [2.75, 3.05) is 25.6 Å². The van der Waals surface area contributed by atoms with Crippen LogP contribution in [-0.2, 0) is 13.6 Å². The van der Waals surface area contributed by atoms with Crippen molar-refractivity contribution in [1.29, 1.82) is 0 Å². The summed E-state index contributed by atoms with van der Waals surface area (Å²) in [6, 6.07) is 22.2. The second kappa shape index (κ2) is 8.71. The summed E-state index contributed by atoms with van der Waals surface area (Å²) in [5, 5.41) is 5.45. The van der Waals surface area contributed by atoms with Gasteiger partial charge in [0.1, 0.15) is 5.66 Å². The SMILES string of the molecule is CCOP(=O)(OCC)C(c1ccc2ccccc2c1)c1ccccc1NC. The predicted molar refractivity (Wildman–Crippen MR) is 113 cm³/mol. The molecule has 0 saturated heterocycles. The molecule has 3 aromatic carbocycles. The number of benzene rings is 3. The van der Waals surface area contributed by atoms with E-state index in [1.165, 1.54) is 0 Å². The van der Waals surface area contributed by atoms with Crippen LogP contribution in [0.3, 0.4) is 0 Å². The molecule has 5 heteroatoms. The molecule has 0 spiro atoms. The van der Waals surface area contributed by atoms with E-state index >= 15 is 0 Å². The van der Waals surface area contributed by atoms with Crippen LogP contribution in [0.5, 0.6) is 0 Å². The van der Waals surface area contributed by atoms with Crippen LogP contribution in [0, 0.1) is 0 Å². The topological polar surface area (TPSA) is 47.6 Å². The first-order valence-corrected chi connectivity index (χ1v) is 10.9. The number of fused-ring (bicyclic) bond motifs is 1. The molecule has 0 aromatic heterocycles. The van der Waals surface area contributed by atoms with Crippen molar-refractivity contribution in [3.63, 3.8) is 0 Å². The van der Waals surface area contributed by atoms with E-state index in [1.807, 2.05) is 63.4 Å². The number of hydrogen-bond donors (Lipinski definition) is 1. The van der Waals surface area contributed by atoms with Crippen LogP contribution in [0.1, 0.15) is 30.6 Å². The number of anilines is 1. The Bertz CT molecular complexity index is 947. The summed E-state index contributed by atoms with van der Waals surface area (Å²) in [5.41, 5.74) is 2.23. The highest BCUT2D eigenvalue weighted by Gasteiger charge is 2.39. The molecule has 1 N–H and O–H groups in total. The van der Waals surface area contributed by atoms with Crippen LogP contribution < -0.4 is 5.32 Å². The second-order valence-corrected chi connectivity index (χ2v) is 8.33. The lowest BCUT2D eigenvalue weighted by atomic mass is 9.99. The van der Waals surface area contributed by atoms with E-state index in [-0.39, 0.29) is 0 Å². The molecule has 0 aliphatic carbocycles. The molecule has 0 heterocycles. The maximum atomic E-state index is 13.8. The first-order chi connectivity index (χ1) is 13.1. The summed E-state index contributed by atoms with van der Waals surface area (Å²) >= 11 is 0. The van der Waals surface area contributed by atoms with Crippen LogP contribution in [0.2, 0.25) is 0 Å². The molecule has 4 nitrogen and oxygen atoms in total. The van der Waals surface area contributed by atoms with Crippen molar-refractivity contribution >= 4 is 24.1 Å². The van der Waals surface area contributed by atoms with Gasteiger partial charge < -0.3 is 14.4 Å². The Labute approximate surface area is 161 Å². The number of para-hydroxylation sites is 1. The minimum atomic E-state index is -3.43. The van der Waals surface area contributed by atoms with Gasteiger partial charge in [0.25, 0.3) is 0 Å². The molecule has 0 saturated carbocycles. The molecular weight excluding hydrogens is 357 g/mol. The molecule has 3 rings (SSSR count). The van der Waals surface area contributed by atoms with Crippen LogP contribution in [0.15, 0.2) is 66.7 Å². The first kappa shape index (κ1) is 19.6. The molecule has 0 aliphatic rings. The van der Waals surface area contributed by atoms with Crippen molar-refractivity contribution in [1.82, 2.24) is 0 Å². The highest BCUT2D eigenvalue weighted by molar-refractivity contribution is 7.54. The monoisotopic (exact) mass is 383 g/mol. The molecular formula is C22H26NO3P. The quantitative estimate of drug-likeness (QED) is 0.468. The minimum Gasteiger partial charge on any atom is -0.388 e. The van der Waals surface area contributed by atoms with E-state index in [9.17, 15) is 4.57 Å². The lowest BCUT2D eigenvalue weighted by Crippen LogP contribution is -2.10. The average Bonchev–Trinajstić information content (AvgIpc) is 2.69. The summed E-state index contributed by atoms with van der Waals surface area (Å²) in [6.07, 6.45) is 0. The summed E-state index contributed by atoms with van der Waals surface area (Å²) in [5.74, 6) is 0. The fraction of sp³-hybridized carbons (Fsp3) is 0.273. The highest BCUT2D eigenvalue weighted by atomic mass is 31.2. The van der Waals surface area contributed by atoms with E-state index in [2.05, 4.69) is 29.6 Å². The summed E-state index contributed by atoms with van der Waals surface area (Å²) in [7, 11) is -1.57. The third kappa shape index (κ3) is 4.08. The van der Waals surface area contributed by atoms with Crippen LogP contribution in [0.25, 0.3) is 10.8 Å². The average molecular weight is 383 g/mol. The zero-order valence-electron chi connectivity index (χ0n) is 16.0. The Kier molecular flexibility index (Phi) is 6.33. The van der Waals surface area contributed by atoms with Gasteiger partial charge in [-0.1, -0.05) is 54.6 Å². The Morgan fingerprint density at radius 2 is 1.52 bits per heavy atom. The van der Waals surface area contributed by atoms with Gasteiger partial charge in [0.05, 0.1) is 13.2 Å². The van der Waals surface area contributed by atoms with E-state index in [0.717, 1.165) is 27.6 Å². The largest absolute Gasteiger partial charge is 0.388 e. The molecule has 27 heavy (non-hydrogen) atoms. The summed E-state index contributed by atoms with van der Waals surface area (Å²) in [6.45, 7) is 4.33. The number of rotatable bonds is 8. The van der Waals surface area contributed by atoms with E-state index < -0.39 is 13.3 Å². The molecule has 0 aliphatic heterocycles. The van der Waals surface area contributed by atoms with E-state index in [1.54, 1.807) is 0 Å². The van der Waals surface area contributed by atoms with Crippen molar-refractivity contribution < 1.29 is 13.6 Å². The Morgan fingerprint density at radius 1 is 0.889 bits per heavy atom. The predicted octanol–water partition coefficient (Wildman–Crippen LogP) is 6.24. The van der Waals surface area contributed by atoms with Gasteiger partial charge in [-0.2, -0.15) is 0 Å². The van der Waals surface area contributed by atoms with Crippen LogP contribution in [-0.4, -0.2) is 20.3 Å². The molecule has 0 bridgehead atoms. The zero-order valence-corrected chi connectivity index (χ0v) is 16.9. The summed E-state index contributed by atoms with van der Waals surface area (Å²) < 4.78 is 25.4. The number of nitrogens with one attached hydrogen (secondary N) is 1. The van der Waals surface area contributed by atoms with E-state index in [0.29, 0.717) is 13.2 Å². The van der Waals surface area contributed by atoms with Gasteiger partial charge in [0.2, 0.25) is 0 Å². The Hall–Kier alpha value is -2.13. The van der Waals surface area contributed by atoms with Crippen LogP contribution >= 0.6 is 7.60 Å². The fourth-order valence-corrected chi connectivity index (χ4v) is 5.60. The molecule has 1 atom stereocenters. The zero-order chi connectivity index (χ0) is 19.3. The Morgan fingerprint density at radius 3 is 2.19 bits per heavy atom. The van der Waals surface area contributed by atoms with Crippen molar-refractivity contribution in [3.05, 3.63) is 77.9 Å². The van der Waals surface area contributed by atoms with Crippen molar-refractivity contribution in [2.24, 2.45) is 0 Å². The molecule has 142 valence electrons. The van der Waals surface area contributed by atoms with Crippen molar-refractivity contribution in [3.8, 4) is 0 Å². The smallest absolute Gasteiger partial charge is 0.342 e. The molecule has 0 fully saturated rings. The van der Waals surface area contributed by atoms with Gasteiger partial charge in [-0.05, 0) is 47.9 Å². The molecule has 0 amide bonds. The van der Waals surface area contributed by atoms with E-state index in [4.69, 9.17) is 9.05 Å². The van der Waals surface area contributed by atoms with Crippen LogP contribution in [0.4, 0.5) is 5.69 Å². The van der Waals surface area contributed by atoms with Crippen molar-refractivity contribution in [2.45, 2.75) is 19.5 Å². The first-order valence-electron chi connectivity index (χ1n) is 9.27. The second-order valence-electron chi connectivity index (χ2n) is 6.22. The Balaban J connectivity index is 2.23. The van der Waals surface area contributed by atoms with Gasteiger partial charge in [-0.3, -0.25) is 4.57 Å². The maximum absolute atomic E-state index is 13.8. The fourth-order valence-electron chi connectivity index (χ4n) is 3.42. The highest BCUT2D eigenvalue weighted by Crippen LogP contribution is 2.64.